The van der Waals surface area contributed by atoms with E-state index in [1.165, 1.54) is 0 Å². The molecular weight excluding hydrogens is 354 g/mol. The summed E-state index contributed by atoms with van der Waals surface area (Å²) < 4.78 is 21.6. The van der Waals surface area contributed by atoms with E-state index in [0.717, 1.165) is 22.6 Å². The number of terminal acetylenes is 1. The van der Waals surface area contributed by atoms with Crippen molar-refractivity contribution >= 4 is 17.8 Å². The minimum Gasteiger partial charge on any atom is -0.491 e. The fraction of sp³-hybridized carbons (Fsp3) is 0.304. The molecule has 28 heavy (non-hydrogen) atoms. The van der Waals surface area contributed by atoms with Crippen molar-refractivity contribution in [3.63, 3.8) is 0 Å². The van der Waals surface area contributed by atoms with Crippen LogP contribution in [0.5, 0.6) is 5.75 Å². The molecule has 0 spiro atoms. The van der Waals surface area contributed by atoms with Crippen molar-refractivity contribution in [2.75, 3.05) is 52.0 Å². The second kappa shape index (κ2) is 13.4. The Morgan fingerprint density at radius 2 is 1.21 bits per heavy atom. The number of nitrogens with two attached hydrogens (primary N) is 1. The molecule has 148 valence electrons. The van der Waals surface area contributed by atoms with Crippen molar-refractivity contribution in [1.29, 1.82) is 0 Å². The Balaban J connectivity index is 1.55. The van der Waals surface area contributed by atoms with Crippen LogP contribution in [-0.2, 0) is 14.2 Å². The first kappa shape index (κ1) is 21.5. The number of anilines is 1. The van der Waals surface area contributed by atoms with Gasteiger partial charge in [0.05, 0.1) is 33.0 Å². The maximum absolute atomic E-state index is 5.69. The molecule has 0 radical (unpaired) electrons. The molecule has 0 unspecified atom stereocenters. The lowest BCUT2D eigenvalue weighted by Gasteiger charge is -2.08. The predicted octanol–water partition coefficient (Wildman–Crippen LogP) is 3.50. The standard InChI is InChI=1S/C23H27NO4/c1-2-13-25-14-15-26-16-17-27-18-19-28-23-11-7-21(8-12-23)4-3-20-5-9-22(24)10-6-20/h1,3-12H,13-19,24H2/b4-3+. The number of hydrogen-bond donors (Lipinski definition) is 1. The number of nitrogen functional groups attached to an aromatic ring is 1. The third-order valence-corrected chi connectivity index (χ3v) is 3.71. The van der Waals surface area contributed by atoms with Crippen LogP contribution >= 0.6 is 0 Å². The molecule has 0 aromatic heterocycles. The average Bonchev–Trinajstić information content (AvgIpc) is 2.72. The third-order valence-electron chi connectivity index (χ3n) is 3.71. The third kappa shape index (κ3) is 9.24. The monoisotopic (exact) mass is 381 g/mol. The first-order valence-electron chi connectivity index (χ1n) is 9.21. The van der Waals surface area contributed by atoms with E-state index in [4.69, 9.17) is 31.1 Å². The Bertz CT molecular complexity index is 733. The van der Waals surface area contributed by atoms with Crippen LogP contribution in [0.25, 0.3) is 12.2 Å². The minimum atomic E-state index is 0.317. The zero-order chi connectivity index (χ0) is 19.9. The van der Waals surface area contributed by atoms with E-state index < -0.39 is 0 Å². The van der Waals surface area contributed by atoms with E-state index in [0.29, 0.717) is 46.2 Å². The van der Waals surface area contributed by atoms with Crippen molar-refractivity contribution in [3.05, 3.63) is 59.7 Å². The molecule has 2 aromatic carbocycles. The first-order valence-corrected chi connectivity index (χ1v) is 9.21. The zero-order valence-corrected chi connectivity index (χ0v) is 16.0. The number of rotatable bonds is 13. The van der Waals surface area contributed by atoms with Gasteiger partial charge in [-0.1, -0.05) is 42.3 Å². The van der Waals surface area contributed by atoms with Crippen LogP contribution in [0.4, 0.5) is 5.69 Å². The molecule has 0 fully saturated rings. The van der Waals surface area contributed by atoms with Crippen molar-refractivity contribution in [3.8, 4) is 18.1 Å². The number of ether oxygens (including phenoxy) is 4. The SMILES string of the molecule is C#CCOCCOCCOCCOc1ccc(/C=C/c2ccc(N)cc2)cc1. The highest BCUT2D eigenvalue weighted by Crippen LogP contribution is 2.15. The Labute approximate surface area is 167 Å². The summed E-state index contributed by atoms with van der Waals surface area (Å²) in [5.41, 5.74) is 8.66. The molecule has 5 heteroatoms. The van der Waals surface area contributed by atoms with E-state index in [9.17, 15) is 0 Å². The van der Waals surface area contributed by atoms with E-state index in [-0.39, 0.29) is 0 Å². The summed E-state index contributed by atoms with van der Waals surface area (Å²) in [6, 6.07) is 15.7. The predicted molar refractivity (Wildman–Crippen MR) is 113 cm³/mol. The summed E-state index contributed by atoms with van der Waals surface area (Å²) >= 11 is 0. The molecule has 2 aromatic rings. The van der Waals surface area contributed by atoms with E-state index in [2.05, 4.69) is 12.0 Å². The van der Waals surface area contributed by atoms with Gasteiger partial charge in [0.1, 0.15) is 19.0 Å². The zero-order valence-electron chi connectivity index (χ0n) is 16.0. The van der Waals surface area contributed by atoms with Crippen LogP contribution in [0.3, 0.4) is 0 Å². The Morgan fingerprint density at radius 3 is 1.79 bits per heavy atom. The van der Waals surface area contributed by atoms with Gasteiger partial charge < -0.3 is 24.7 Å². The molecule has 0 atom stereocenters. The fourth-order valence-electron chi connectivity index (χ4n) is 2.26. The molecule has 0 aliphatic carbocycles. The van der Waals surface area contributed by atoms with Gasteiger partial charge in [-0.3, -0.25) is 0 Å². The quantitative estimate of drug-likeness (QED) is 0.249. The Morgan fingerprint density at radius 1 is 0.714 bits per heavy atom. The summed E-state index contributed by atoms with van der Waals surface area (Å²) in [6.45, 7) is 3.37. The van der Waals surface area contributed by atoms with Crippen LogP contribution in [-0.4, -0.2) is 46.2 Å². The summed E-state index contributed by atoms with van der Waals surface area (Å²) in [5.74, 6) is 3.22. The van der Waals surface area contributed by atoms with Crippen molar-refractivity contribution in [1.82, 2.24) is 0 Å². The van der Waals surface area contributed by atoms with Gasteiger partial charge in [-0.2, -0.15) is 0 Å². The molecule has 0 aliphatic rings. The normalized spacial score (nSPS) is 10.8. The number of benzene rings is 2. The van der Waals surface area contributed by atoms with Crippen molar-refractivity contribution in [2.24, 2.45) is 0 Å². The Hall–Kier alpha value is -2.78. The van der Waals surface area contributed by atoms with Crippen molar-refractivity contribution in [2.45, 2.75) is 0 Å². The van der Waals surface area contributed by atoms with E-state index >= 15 is 0 Å². The molecular formula is C23H27NO4. The molecule has 0 saturated carbocycles. The highest BCUT2D eigenvalue weighted by Gasteiger charge is 1.96. The molecule has 5 nitrogen and oxygen atoms in total. The van der Waals surface area contributed by atoms with Gasteiger partial charge in [0.25, 0.3) is 0 Å². The lowest BCUT2D eigenvalue weighted by atomic mass is 10.1. The van der Waals surface area contributed by atoms with Crippen molar-refractivity contribution < 1.29 is 18.9 Å². The molecule has 0 bridgehead atoms. The van der Waals surface area contributed by atoms with Crippen LogP contribution in [0, 0.1) is 12.3 Å². The second-order valence-electron chi connectivity index (χ2n) is 5.90. The van der Waals surface area contributed by atoms with Gasteiger partial charge in [-0.25, -0.2) is 0 Å². The highest BCUT2D eigenvalue weighted by molar-refractivity contribution is 5.70. The molecule has 0 saturated heterocycles. The molecule has 0 aliphatic heterocycles. The van der Waals surface area contributed by atoms with E-state index in [1.54, 1.807) is 0 Å². The van der Waals surface area contributed by atoms with Crippen LogP contribution in [0.15, 0.2) is 48.5 Å². The van der Waals surface area contributed by atoms with Gasteiger partial charge in [0, 0.05) is 5.69 Å². The largest absolute Gasteiger partial charge is 0.491 e. The van der Waals surface area contributed by atoms with Gasteiger partial charge in [-0.05, 0) is 35.4 Å². The summed E-state index contributed by atoms with van der Waals surface area (Å²) in [4.78, 5) is 0. The van der Waals surface area contributed by atoms with Crippen LogP contribution in [0.1, 0.15) is 11.1 Å². The van der Waals surface area contributed by atoms with Gasteiger partial charge in [0.2, 0.25) is 0 Å². The first-order chi connectivity index (χ1) is 13.8. The number of hydrogen-bond acceptors (Lipinski definition) is 5. The molecule has 2 rings (SSSR count). The summed E-state index contributed by atoms with van der Waals surface area (Å²) in [7, 11) is 0. The van der Waals surface area contributed by atoms with Gasteiger partial charge >= 0.3 is 0 Å². The average molecular weight is 381 g/mol. The lowest BCUT2D eigenvalue weighted by Crippen LogP contribution is -2.12. The lowest BCUT2D eigenvalue weighted by molar-refractivity contribution is 0.0142. The second-order valence-corrected chi connectivity index (χ2v) is 5.90. The highest BCUT2D eigenvalue weighted by atomic mass is 16.6. The fourth-order valence-corrected chi connectivity index (χ4v) is 2.26. The Kier molecular flexibility index (Phi) is 10.3. The molecule has 2 N–H and O–H groups in total. The summed E-state index contributed by atoms with van der Waals surface area (Å²) in [5, 5.41) is 0. The molecule has 0 amide bonds. The van der Waals surface area contributed by atoms with Crippen LogP contribution in [0.2, 0.25) is 0 Å². The topological polar surface area (TPSA) is 62.9 Å². The minimum absolute atomic E-state index is 0.317. The van der Waals surface area contributed by atoms with Gasteiger partial charge in [0.15, 0.2) is 0 Å². The maximum atomic E-state index is 5.69. The van der Waals surface area contributed by atoms with Crippen LogP contribution < -0.4 is 10.5 Å². The van der Waals surface area contributed by atoms with Gasteiger partial charge in [-0.15, -0.1) is 6.42 Å². The summed E-state index contributed by atoms with van der Waals surface area (Å²) in [6.07, 6.45) is 9.17. The smallest absolute Gasteiger partial charge is 0.119 e. The van der Waals surface area contributed by atoms with E-state index in [1.807, 2.05) is 54.6 Å². The maximum Gasteiger partial charge on any atom is 0.119 e. The molecule has 0 heterocycles.